The van der Waals surface area contributed by atoms with Gasteiger partial charge in [-0.25, -0.2) is 0 Å². The molecule has 3 nitrogen and oxygen atoms in total. The van der Waals surface area contributed by atoms with Crippen molar-refractivity contribution < 1.29 is 4.79 Å². The maximum absolute atomic E-state index is 11.5. The molecule has 0 aromatic rings. The minimum Gasteiger partial charge on any atom is -0.352 e. The molecule has 0 aliphatic rings. The summed E-state index contributed by atoms with van der Waals surface area (Å²) in [6.45, 7) is 10.5. The van der Waals surface area contributed by atoms with Crippen molar-refractivity contribution in [3.05, 3.63) is 12.2 Å². The van der Waals surface area contributed by atoms with Gasteiger partial charge in [0.2, 0.25) is 5.91 Å². The van der Waals surface area contributed by atoms with Gasteiger partial charge >= 0.3 is 0 Å². The average Bonchev–Trinajstić information content (AvgIpc) is 2.01. The van der Waals surface area contributed by atoms with Gasteiger partial charge in [-0.2, -0.15) is 0 Å². The van der Waals surface area contributed by atoms with Crippen LogP contribution in [0, 0.1) is 11.8 Å². The van der Waals surface area contributed by atoms with E-state index in [9.17, 15) is 4.79 Å². The summed E-state index contributed by atoms with van der Waals surface area (Å²) < 4.78 is 0. The van der Waals surface area contributed by atoms with Crippen LogP contribution in [0.3, 0.4) is 0 Å². The van der Waals surface area contributed by atoms with Crippen molar-refractivity contribution in [3.63, 3.8) is 0 Å². The lowest BCUT2D eigenvalue weighted by Crippen LogP contribution is -2.38. The molecule has 76 valence electrons. The van der Waals surface area contributed by atoms with Crippen molar-refractivity contribution >= 4 is 5.91 Å². The van der Waals surface area contributed by atoms with Gasteiger partial charge in [0.15, 0.2) is 0 Å². The van der Waals surface area contributed by atoms with Crippen molar-refractivity contribution in [2.45, 2.75) is 20.8 Å². The standard InChI is InChI=1S/C10H20N2O/c1-7(2)6-12-10(13)9(5-11)8(3)4/h8-9H,1,5-6,11H2,2-4H3,(H,12,13). The van der Waals surface area contributed by atoms with Crippen LogP contribution in [-0.4, -0.2) is 19.0 Å². The molecule has 0 fully saturated rings. The normalized spacial score (nSPS) is 12.7. The molecule has 0 heterocycles. The second-order valence-electron chi connectivity index (χ2n) is 3.76. The van der Waals surface area contributed by atoms with Crippen molar-refractivity contribution in [2.75, 3.05) is 13.1 Å². The topological polar surface area (TPSA) is 55.1 Å². The van der Waals surface area contributed by atoms with Gasteiger partial charge in [0.25, 0.3) is 0 Å². The van der Waals surface area contributed by atoms with Gasteiger partial charge in [0.05, 0.1) is 5.92 Å². The van der Waals surface area contributed by atoms with E-state index in [0.717, 1.165) is 5.57 Å². The predicted octanol–water partition coefficient (Wildman–Crippen LogP) is 0.910. The lowest BCUT2D eigenvalue weighted by atomic mass is 9.95. The number of nitrogens with one attached hydrogen (secondary N) is 1. The fourth-order valence-electron chi connectivity index (χ4n) is 1.05. The molecule has 1 atom stereocenters. The van der Waals surface area contributed by atoms with Crippen LogP contribution in [-0.2, 0) is 4.79 Å². The van der Waals surface area contributed by atoms with E-state index < -0.39 is 0 Å². The van der Waals surface area contributed by atoms with Crippen LogP contribution < -0.4 is 11.1 Å². The molecular weight excluding hydrogens is 164 g/mol. The Morgan fingerprint density at radius 2 is 2.08 bits per heavy atom. The molecule has 0 bridgehead atoms. The van der Waals surface area contributed by atoms with Crippen LogP contribution in [0.5, 0.6) is 0 Å². The van der Waals surface area contributed by atoms with Gasteiger partial charge in [0.1, 0.15) is 0 Å². The summed E-state index contributed by atoms with van der Waals surface area (Å²) in [5, 5.41) is 2.80. The minimum atomic E-state index is -0.0839. The van der Waals surface area contributed by atoms with Crippen molar-refractivity contribution in [2.24, 2.45) is 17.6 Å². The van der Waals surface area contributed by atoms with Crippen LogP contribution in [0.2, 0.25) is 0 Å². The SMILES string of the molecule is C=C(C)CNC(=O)C(CN)C(C)C. The second kappa shape index (κ2) is 5.75. The Morgan fingerprint density at radius 3 is 2.38 bits per heavy atom. The van der Waals surface area contributed by atoms with E-state index in [-0.39, 0.29) is 17.7 Å². The van der Waals surface area contributed by atoms with Gasteiger partial charge in [-0.15, -0.1) is 0 Å². The first kappa shape index (κ1) is 12.2. The highest BCUT2D eigenvalue weighted by Crippen LogP contribution is 2.08. The second-order valence-corrected chi connectivity index (χ2v) is 3.76. The molecule has 1 unspecified atom stereocenters. The van der Waals surface area contributed by atoms with Crippen LogP contribution in [0.25, 0.3) is 0 Å². The fourth-order valence-corrected chi connectivity index (χ4v) is 1.05. The highest BCUT2D eigenvalue weighted by atomic mass is 16.1. The summed E-state index contributed by atoms with van der Waals surface area (Å²) in [7, 11) is 0. The summed E-state index contributed by atoms with van der Waals surface area (Å²) in [5.41, 5.74) is 6.45. The van der Waals surface area contributed by atoms with Crippen LogP contribution in [0.4, 0.5) is 0 Å². The number of nitrogens with two attached hydrogens (primary N) is 1. The molecule has 0 aromatic carbocycles. The van der Waals surface area contributed by atoms with E-state index in [2.05, 4.69) is 11.9 Å². The Bertz CT molecular complexity index is 187. The zero-order chi connectivity index (χ0) is 10.4. The molecule has 0 aliphatic heterocycles. The number of carbonyl (C=O) groups excluding carboxylic acids is 1. The van der Waals surface area contributed by atoms with Crippen molar-refractivity contribution in [3.8, 4) is 0 Å². The van der Waals surface area contributed by atoms with E-state index in [0.29, 0.717) is 13.1 Å². The number of hydrogen-bond donors (Lipinski definition) is 2. The first-order valence-corrected chi connectivity index (χ1v) is 4.61. The lowest BCUT2D eigenvalue weighted by Gasteiger charge is -2.18. The molecule has 0 aliphatic carbocycles. The average molecular weight is 184 g/mol. The highest BCUT2D eigenvalue weighted by molar-refractivity contribution is 5.79. The molecule has 0 spiro atoms. The molecular formula is C10H20N2O. The first-order valence-electron chi connectivity index (χ1n) is 4.61. The Kier molecular flexibility index (Phi) is 5.39. The number of hydrogen-bond acceptors (Lipinski definition) is 2. The monoisotopic (exact) mass is 184 g/mol. The van der Waals surface area contributed by atoms with Crippen LogP contribution >= 0.6 is 0 Å². The summed E-state index contributed by atoms with van der Waals surface area (Å²) in [6, 6.07) is 0. The zero-order valence-electron chi connectivity index (χ0n) is 8.76. The lowest BCUT2D eigenvalue weighted by molar-refractivity contribution is -0.125. The minimum absolute atomic E-state index is 0.0282. The maximum atomic E-state index is 11.5. The Hall–Kier alpha value is -0.830. The summed E-state index contributed by atoms with van der Waals surface area (Å²) >= 11 is 0. The van der Waals surface area contributed by atoms with Gasteiger partial charge in [-0.3, -0.25) is 4.79 Å². The molecule has 13 heavy (non-hydrogen) atoms. The summed E-state index contributed by atoms with van der Waals surface area (Å²) in [5.74, 6) is 0.231. The smallest absolute Gasteiger partial charge is 0.224 e. The third-order valence-corrected chi connectivity index (χ3v) is 1.96. The highest BCUT2D eigenvalue weighted by Gasteiger charge is 2.19. The maximum Gasteiger partial charge on any atom is 0.224 e. The molecule has 0 aromatic heterocycles. The van der Waals surface area contributed by atoms with Crippen LogP contribution in [0.15, 0.2) is 12.2 Å². The number of rotatable bonds is 5. The first-order chi connectivity index (χ1) is 5.99. The molecule has 0 saturated heterocycles. The third kappa shape index (κ3) is 4.68. The molecule has 3 heteroatoms. The largest absolute Gasteiger partial charge is 0.352 e. The fraction of sp³-hybridized carbons (Fsp3) is 0.700. The van der Waals surface area contributed by atoms with Gasteiger partial charge < -0.3 is 11.1 Å². The molecule has 0 radical (unpaired) electrons. The van der Waals surface area contributed by atoms with E-state index in [1.807, 2.05) is 20.8 Å². The Labute approximate surface area is 80.4 Å². The van der Waals surface area contributed by atoms with E-state index in [1.165, 1.54) is 0 Å². The predicted molar refractivity (Wildman–Crippen MR) is 55.2 cm³/mol. The molecule has 0 rings (SSSR count). The van der Waals surface area contributed by atoms with Crippen molar-refractivity contribution in [1.29, 1.82) is 0 Å². The van der Waals surface area contributed by atoms with Gasteiger partial charge in [0, 0.05) is 13.1 Å². The van der Waals surface area contributed by atoms with Gasteiger partial charge in [-0.1, -0.05) is 26.0 Å². The molecule has 0 saturated carbocycles. The third-order valence-electron chi connectivity index (χ3n) is 1.96. The number of amides is 1. The van der Waals surface area contributed by atoms with Crippen molar-refractivity contribution in [1.82, 2.24) is 5.32 Å². The zero-order valence-corrected chi connectivity index (χ0v) is 8.76. The van der Waals surface area contributed by atoms with E-state index in [1.54, 1.807) is 0 Å². The number of carbonyl (C=O) groups is 1. The quantitative estimate of drug-likeness (QED) is 0.624. The summed E-state index contributed by atoms with van der Waals surface area (Å²) in [4.78, 5) is 11.5. The molecule has 3 N–H and O–H groups in total. The van der Waals surface area contributed by atoms with E-state index >= 15 is 0 Å². The molecule has 1 amide bonds. The Balaban J connectivity index is 3.99. The Morgan fingerprint density at radius 1 is 1.54 bits per heavy atom. The van der Waals surface area contributed by atoms with E-state index in [4.69, 9.17) is 5.73 Å². The van der Waals surface area contributed by atoms with Crippen LogP contribution in [0.1, 0.15) is 20.8 Å². The summed E-state index contributed by atoms with van der Waals surface area (Å²) in [6.07, 6.45) is 0. The van der Waals surface area contributed by atoms with Gasteiger partial charge in [-0.05, 0) is 12.8 Å².